The van der Waals surface area contributed by atoms with Crippen molar-refractivity contribution < 1.29 is 38.6 Å². The number of hydrogen-bond donors (Lipinski definition) is 5. The Morgan fingerprint density at radius 1 is 0.988 bits per heavy atom. The average Bonchev–Trinajstić information content (AvgIpc) is 4.52. The summed E-state index contributed by atoms with van der Waals surface area (Å²) in [6, 6.07) is 19.4. The topological polar surface area (TPSA) is 234 Å². The number of alkyl carbamates (subject to hydrolysis) is 1. The molecule has 0 radical (unpaired) electrons. The van der Waals surface area contributed by atoms with Crippen molar-refractivity contribution in [3.8, 4) is 33.5 Å². The van der Waals surface area contributed by atoms with Crippen molar-refractivity contribution >= 4 is 56.7 Å². The van der Waals surface area contributed by atoms with Gasteiger partial charge >= 0.3 is 12.1 Å². The number of aryl methyl sites for hydroxylation is 1. The largest absolute Gasteiger partial charge is 0.508 e. The first-order chi connectivity index (χ1) is 39.2. The number of aliphatic hydroxyl groups excluding tert-OH is 1. The van der Waals surface area contributed by atoms with E-state index in [1.807, 2.05) is 87.9 Å². The SMILES string of the molecule is Cc1ncsc1-c1ccc([C@H](C)NC(=O)[C@@H]2C[C@@H](O)CN2C(=O)[C@@H](c2cc(CNC(=O)OCC3CC[C@@]4(COc5nc(N6CC7CCC(C6)N7)c6cnc7c(c6n5)C(C)c5cccc6cc(O)cc-7c56)CCCN34)no2)C(C)C)cc1. The molecule has 19 nitrogen and oxygen atoms in total. The van der Waals surface area contributed by atoms with Crippen LogP contribution in [0.3, 0.4) is 0 Å². The Balaban J connectivity index is 0.648. The maximum absolute atomic E-state index is 14.4. The van der Waals surface area contributed by atoms with Crippen LogP contribution in [0.4, 0.5) is 10.6 Å². The van der Waals surface area contributed by atoms with Crippen molar-refractivity contribution in [1.82, 2.24) is 50.8 Å². The molecule has 0 spiro atoms. The quantitative estimate of drug-likeness (QED) is 0.0650. The molecule has 3 aromatic carbocycles. The summed E-state index contributed by atoms with van der Waals surface area (Å²) >= 11 is 1.58. The van der Waals surface area contributed by atoms with Crippen LogP contribution in [0.1, 0.15) is 124 Å². The van der Waals surface area contributed by atoms with Gasteiger partial charge in [0.15, 0.2) is 0 Å². The summed E-state index contributed by atoms with van der Waals surface area (Å²) in [4.78, 5) is 68.9. The molecule has 5 aliphatic heterocycles. The van der Waals surface area contributed by atoms with E-state index >= 15 is 0 Å². The summed E-state index contributed by atoms with van der Waals surface area (Å²) in [5.41, 5.74) is 9.58. The molecule has 81 heavy (non-hydrogen) atoms. The van der Waals surface area contributed by atoms with Gasteiger partial charge in [0.2, 0.25) is 11.8 Å². The van der Waals surface area contributed by atoms with Gasteiger partial charge in [0.25, 0.3) is 0 Å². The number of phenols is 1. The van der Waals surface area contributed by atoms with E-state index < -0.39 is 24.2 Å². The number of likely N-dealkylation sites (tertiary alicyclic amines) is 1. The predicted molar refractivity (Wildman–Crippen MR) is 306 cm³/mol. The number of ether oxygens (including phenoxy) is 2. The molecule has 2 bridgehead atoms. The summed E-state index contributed by atoms with van der Waals surface area (Å²) in [7, 11) is 0. The number of carbonyl (C=O) groups is 3. The molecule has 20 heteroatoms. The Labute approximate surface area is 473 Å². The Morgan fingerprint density at radius 3 is 2.58 bits per heavy atom. The maximum atomic E-state index is 14.4. The van der Waals surface area contributed by atoms with Crippen LogP contribution in [0.5, 0.6) is 11.8 Å². The first-order valence-corrected chi connectivity index (χ1v) is 29.6. The highest BCUT2D eigenvalue weighted by atomic mass is 32.1. The van der Waals surface area contributed by atoms with Crippen LogP contribution in [-0.4, -0.2) is 138 Å². The van der Waals surface area contributed by atoms with E-state index in [1.165, 1.54) is 10.5 Å². The summed E-state index contributed by atoms with van der Waals surface area (Å²) in [6.07, 6.45) is 6.43. The van der Waals surface area contributed by atoms with Gasteiger partial charge in [-0.1, -0.05) is 68.4 Å². The second kappa shape index (κ2) is 21.2. The number of rotatable bonds is 15. The first-order valence-electron chi connectivity index (χ1n) is 28.7. The second-order valence-corrected chi connectivity index (χ2v) is 24.6. The van der Waals surface area contributed by atoms with Gasteiger partial charge in [0, 0.05) is 73.5 Å². The number of phenolic OH excluding ortho intramolecular Hbond substituents is 1. The van der Waals surface area contributed by atoms with Crippen LogP contribution < -0.4 is 25.6 Å². The fraction of sp³-hybridized carbons (Fsp3) is 0.475. The van der Waals surface area contributed by atoms with Crippen LogP contribution >= 0.6 is 11.3 Å². The predicted octanol–water partition coefficient (Wildman–Crippen LogP) is 8.26. The van der Waals surface area contributed by atoms with E-state index in [1.54, 1.807) is 17.4 Å². The number of benzene rings is 3. The molecule has 3 amide bonds. The lowest BCUT2D eigenvalue weighted by atomic mass is 9.79. The molecule has 1 aliphatic carbocycles. The molecule has 7 aromatic rings. The Hall–Kier alpha value is -7.26. The number of fused-ring (bicyclic) bond motifs is 7. The standard InChI is InChI=1S/C61H69N11O8S/c1-32(2)50(58(76)71-28-44(74)23-48(71)57(75)65-34(4)36-10-12-37(13-11-36)55-35(5)64-31-81-55)49-21-41(69-80-49)24-63-60(77)78-29-42-16-18-61(17-7-19-72(42)61)30-79-59-67-54-47(56(68-59)70-26-39-14-15-40(27-70)66-39)25-62-53-46-22-43(73)20-38-8-6-9-45(52(38)46)33(3)51(53)54/h6,8-13,20-22,25,31-34,39-40,42,44,48,50,66,73-74H,7,14-19,23-24,26-30H2,1-5H3,(H,63,77)(H,65,75)/t33?,34-,39?,40?,42?,44+,48-,50+,61+/m0/s1. The molecule has 4 unspecified atom stereocenters. The van der Waals surface area contributed by atoms with Gasteiger partial charge in [-0.05, 0) is 104 Å². The van der Waals surface area contributed by atoms with E-state index in [9.17, 15) is 24.6 Å². The molecule has 6 aliphatic rings. The fourth-order valence-electron chi connectivity index (χ4n) is 14.2. The number of nitrogens with zero attached hydrogens (tertiary/aromatic N) is 8. The first kappa shape index (κ1) is 53.1. The Kier molecular flexibility index (Phi) is 13.9. The van der Waals surface area contributed by atoms with Crippen molar-refractivity contribution in [3.63, 3.8) is 0 Å². The lowest BCUT2D eigenvalue weighted by Crippen LogP contribution is -2.51. The van der Waals surface area contributed by atoms with Crippen LogP contribution in [0.15, 0.2) is 76.9 Å². The summed E-state index contributed by atoms with van der Waals surface area (Å²) in [5, 5.41) is 38.5. The second-order valence-electron chi connectivity index (χ2n) is 23.7. The van der Waals surface area contributed by atoms with Gasteiger partial charge in [0.05, 0.1) is 56.9 Å². The van der Waals surface area contributed by atoms with Crippen LogP contribution in [0, 0.1) is 12.8 Å². The number of β-amino-alcohol motifs (C(OH)–C–C–N with tert-alkyl or cyclic N) is 1. The third-order valence-electron chi connectivity index (χ3n) is 18.2. The van der Waals surface area contributed by atoms with Crippen LogP contribution in [0.25, 0.3) is 43.4 Å². The molecule has 5 fully saturated rings. The number of nitrogens with one attached hydrogen (secondary N) is 3. The highest BCUT2D eigenvalue weighted by molar-refractivity contribution is 7.13. The highest BCUT2D eigenvalue weighted by Gasteiger charge is 2.51. The number of pyridine rings is 1. The number of amides is 3. The monoisotopic (exact) mass is 1120 g/mol. The number of piperazine rings is 1. The molecule has 9 heterocycles. The maximum Gasteiger partial charge on any atom is 0.407 e. The molecular weight excluding hydrogens is 1050 g/mol. The van der Waals surface area contributed by atoms with Gasteiger partial charge in [-0.25, -0.2) is 9.78 Å². The zero-order chi connectivity index (χ0) is 55.8. The van der Waals surface area contributed by atoms with Gasteiger partial charge in [-0.3, -0.25) is 19.5 Å². The third-order valence-corrected chi connectivity index (χ3v) is 19.2. The lowest BCUT2D eigenvalue weighted by molar-refractivity contribution is -0.141. The van der Waals surface area contributed by atoms with Crippen molar-refractivity contribution in [2.75, 3.05) is 44.3 Å². The van der Waals surface area contributed by atoms with E-state index in [4.69, 9.17) is 28.9 Å². The lowest BCUT2D eigenvalue weighted by Gasteiger charge is -2.36. The minimum absolute atomic E-state index is 0.00929. The molecule has 5 N–H and O–H groups in total. The minimum Gasteiger partial charge on any atom is -0.508 e. The number of aromatic hydroxyl groups is 1. The van der Waals surface area contributed by atoms with Gasteiger partial charge < -0.3 is 50.0 Å². The van der Waals surface area contributed by atoms with E-state index in [-0.39, 0.29) is 73.1 Å². The Bertz CT molecular complexity index is 3560. The summed E-state index contributed by atoms with van der Waals surface area (Å²) < 4.78 is 18.5. The molecule has 5 saturated heterocycles. The van der Waals surface area contributed by atoms with Gasteiger partial charge in [-0.2, -0.15) is 9.97 Å². The van der Waals surface area contributed by atoms with E-state index in [2.05, 4.69) is 48.9 Å². The molecule has 9 atom stereocenters. The van der Waals surface area contributed by atoms with Crippen LogP contribution in [-0.2, 0) is 20.9 Å². The molecular formula is C61H69N11O8S. The summed E-state index contributed by atoms with van der Waals surface area (Å²) in [6.45, 7) is 13.0. The van der Waals surface area contributed by atoms with Crippen molar-refractivity contribution in [2.45, 2.75) is 140 Å². The molecule has 422 valence electrons. The summed E-state index contributed by atoms with van der Waals surface area (Å²) in [5.74, 6) is -0.412. The van der Waals surface area contributed by atoms with E-state index in [0.717, 1.165) is 124 Å². The number of carbonyl (C=O) groups excluding carboxylic acids is 3. The number of thiazole rings is 1. The highest BCUT2D eigenvalue weighted by Crippen LogP contribution is 2.49. The zero-order valence-electron chi connectivity index (χ0n) is 46.4. The number of aliphatic hydroxyl groups is 1. The average molecular weight is 1120 g/mol. The number of hydrogen-bond acceptors (Lipinski definition) is 17. The fourth-order valence-corrected chi connectivity index (χ4v) is 15.0. The van der Waals surface area contributed by atoms with Crippen molar-refractivity contribution in [3.05, 3.63) is 106 Å². The number of aromatic nitrogens is 5. The van der Waals surface area contributed by atoms with Crippen molar-refractivity contribution in [2.24, 2.45) is 5.92 Å². The number of anilines is 1. The molecule has 13 rings (SSSR count). The zero-order valence-corrected chi connectivity index (χ0v) is 47.2. The van der Waals surface area contributed by atoms with E-state index in [0.29, 0.717) is 36.2 Å². The van der Waals surface area contributed by atoms with Crippen molar-refractivity contribution in [1.29, 1.82) is 0 Å². The van der Waals surface area contributed by atoms with Gasteiger partial charge in [-0.15, -0.1) is 11.3 Å². The van der Waals surface area contributed by atoms with Gasteiger partial charge in [0.1, 0.15) is 48.2 Å². The van der Waals surface area contributed by atoms with Crippen LogP contribution in [0.2, 0.25) is 0 Å². The molecule has 4 aromatic heterocycles. The molecule has 0 saturated carbocycles. The minimum atomic E-state index is -0.877. The normalized spacial score (nSPS) is 24.6. The Morgan fingerprint density at radius 2 is 1.80 bits per heavy atom. The smallest absolute Gasteiger partial charge is 0.407 e. The third kappa shape index (κ3) is 9.80.